The number of fused-ring (bicyclic) bond motifs is 1. The van der Waals surface area contributed by atoms with Crippen LogP contribution in [-0.4, -0.2) is 41.2 Å². The van der Waals surface area contributed by atoms with Crippen molar-refractivity contribution in [3.63, 3.8) is 0 Å². The van der Waals surface area contributed by atoms with Crippen molar-refractivity contribution in [2.75, 3.05) is 31.1 Å². The van der Waals surface area contributed by atoms with Gasteiger partial charge in [-0.25, -0.2) is 4.98 Å². The molecule has 1 aliphatic heterocycles. The number of nitrogens with zero attached hydrogens (tertiary/aromatic N) is 4. The van der Waals surface area contributed by atoms with E-state index in [2.05, 4.69) is 33.0 Å². The molecule has 1 saturated heterocycles. The number of benzene rings is 2. The summed E-state index contributed by atoms with van der Waals surface area (Å²) in [6.45, 7) is 4.08. The number of piperazine rings is 1. The normalized spacial score (nSPS) is 15.1. The van der Waals surface area contributed by atoms with Crippen molar-refractivity contribution in [2.24, 2.45) is 0 Å². The number of phenolic OH excluding ortho intramolecular Hbond substituents is 1. The Bertz CT molecular complexity index is 971. The van der Waals surface area contributed by atoms with E-state index >= 15 is 0 Å². The van der Waals surface area contributed by atoms with Gasteiger partial charge in [0.05, 0.1) is 5.56 Å². The molecule has 0 bridgehead atoms. The molecule has 0 atom stereocenters. The lowest BCUT2D eigenvalue weighted by Crippen LogP contribution is -2.46. The van der Waals surface area contributed by atoms with Crippen LogP contribution >= 0.6 is 0 Å². The second-order valence-electron chi connectivity index (χ2n) is 6.53. The summed E-state index contributed by atoms with van der Waals surface area (Å²) in [6.07, 6.45) is 1.73. The lowest BCUT2D eigenvalue weighted by atomic mass is 10.0. The number of pyridine rings is 1. The first-order chi connectivity index (χ1) is 12.8. The van der Waals surface area contributed by atoms with Crippen LogP contribution in [0, 0.1) is 11.3 Å². The van der Waals surface area contributed by atoms with E-state index in [1.54, 1.807) is 18.3 Å². The van der Waals surface area contributed by atoms with E-state index in [9.17, 15) is 10.4 Å². The Balaban J connectivity index is 1.50. The zero-order valence-electron chi connectivity index (χ0n) is 14.5. The van der Waals surface area contributed by atoms with Gasteiger partial charge in [-0.15, -0.1) is 0 Å². The van der Waals surface area contributed by atoms with Crippen LogP contribution in [0.5, 0.6) is 5.75 Å². The van der Waals surface area contributed by atoms with Gasteiger partial charge >= 0.3 is 0 Å². The van der Waals surface area contributed by atoms with Crippen LogP contribution in [0.4, 0.5) is 5.82 Å². The lowest BCUT2D eigenvalue weighted by Gasteiger charge is -2.36. The molecule has 0 radical (unpaired) electrons. The third-order valence-corrected chi connectivity index (χ3v) is 4.98. The molecule has 2 aromatic carbocycles. The summed E-state index contributed by atoms with van der Waals surface area (Å²) in [6, 6.07) is 17.7. The van der Waals surface area contributed by atoms with Gasteiger partial charge in [0.15, 0.2) is 0 Å². The molecule has 1 N–H and O–H groups in total. The average molecular weight is 344 g/mol. The summed E-state index contributed by atoms with van der Waals surface area (Å²) >= 11 is 0. The zero-order valence-corrected chi connectivity index (χ0v) is 14.5. The van der Waals surface area contributed by atoms with Gasteiger partial charge in [0, 0.05) is 44.5 Å². The molecule has 1 aromatic heterocycles. The van der Waals surface area contributed by atoms with E-state index in [-0.39, 0.29) is 0 Å². The number of hydrogen-bond donors (Lipinski definition) is 1. The highest BCUT2D eigenvalue weighted by molar-refractivity contribution is 5.87. The molecule has 0 aliphatic carbocycles. The second-order valence-corrected chi connectivity index (χ2v) is 6.53. The predicted molar refractivity (Wildman–Crippen MR) is 102 cm³/mol. The van der Waals surface area contributed by atoms with E-state index in [0.29, 0.717) is 17.9 Å². The molecule has 1 aliphatic rings. The molecular weight excluding hydrogens is 324 g/mol. The minimum Gasteiger partial charge on any atom is -0.508 e. The molecule has 130 valence electrons. The first kappa shape index (κ1) is 16.4. The zero-order chi connectivity index (χ0) is 17.9. The van der Waals surface area contributed by atoms with Crippen molar-refractivity contribution in [2.45, 2.75) is 6.54 Å². The molecule has 4 rings (SSSR count). The summed E-state index contributed by atoms with van der Waals surface area (Å²) in [7, 11) is 0. The van der Waals surface area contributed by atoms with Crippen LogP contribution in [0.25, 0.3) is 10.8 Å². The van der Waals surface area contributed by atoms with Gasteiger partial charge in [0.2, 0.25) is 0 Å². The SMILES string of the molecule is N#Cc1cccnc1N1CCN(Cc2c(O)ccc3ccccc23)CC1. The van der Waals surface area contributed by atoms with Crippen molar-refractivity contribution in [3.05, 3.63) is 65.9 Å². The van der Waals surface area contributed by atoms with Gasteiger partial charge in [-0.3, -0.25) is 4.90 Å². The van der Waals surface area contributed by atoms with E-state index in [1.165, 1.54) is 0 Å². The van der Waals surface area contributed by atoms with Crippen LogP contribution in [0.15, 0.2) is 54.7 Å². The van der Waals surface area contributed by atoms with Gasteiger partial charge in [-0.05, 0) is 29.0 Å². The van der Waals surface area contributed by atoms with Crippen molar-refractivity contribution >= 4 is 16.6 Å². The fourth-order valence-electron chi connectivity index (χ4n) is 3.57. The molecule has 26 heavy (non-hydrogen) atoms. The topological polar surface area (TPSA) is 63.4 Å². The fraction of sp³-hybridized carbons (Fsp3) is 0.238. The first-order valence-corrected chi connectivity index (χ1v) is 8.78. The number of phenols is 1. The minimum atomic E-state index is 0.350. The van der Waals surface area contributed by atoms with E-state index in [4.69, 9.17) is 0 Å². The highest BCUT2D eigenvalue weighted by Gasteiger charge is 2.21. The lowest BCUT2D eigenvalue weighted by molar-refractivity contribution is 0.247. The van der Waals surface area contributed by atoms with Crippen molar-refractivity contribution in [1.29, 1.82) is 5.26 Å². The average Bonchev–Trinajstić information content (AvgIpc) is 2.70. The summed E-state index contributed by atoms with van der Waals surface area (Å²) in [4.78, 5) is 8.89. The Kier molecular flexibility index (Phi) is 4.42. The predicted octanol–water partition coefficient (Wildman–Crippen LogP) is 3.13. The highest BCUT2D eigenvalue weighted by atomic mass is 16.3. The summed E-state index contributed by atoms with van der Waals surface area (Å²) in [5.74, 6) is 1.12. The Morgan fingerprint density at radius 3 is 2.62 bits per heavy atom. The minimum absolute atomic E-state index is 0.350. The van der Waals surface area contributed by atoms with Gasteiger partial charge in [0.25, 0.3) is 0 Å². The van der Waals surface area contributed by atoms with E-state index < -0.39 is 0 Å². The number of hydrogen-bond acceptors (Lipinski definition) is 5. The van der Waals surface area contributed by atoms with E-state index in [0.717, 1.165) is 48.3 Å². The first-order valence-electron chi connectivity index (χ1n) is 8.78. The number of nitriles is 1. The Labute approximate surface area is 152 Å². The monoisotopic (exact) mass is 344 g/mol. The second kappa shape index (κ2) is 7.03. The Morgan fingerprint density at radius 2 is 1.81 bits per heavy atom. The molecule has 0 spiro atoms. The largest absolute Gasteiger partial charge is 0.508 e. The molecule has 0 saturated carbocycles. The molecule has 0 unspecified atom stereocenters. The molecular formula is C21H20N4O. The van der Waals surface area contributed by atoms with Crippen molar-refractivity contribution in [3.8, 4) is 11.8 Å². The number of aromatic hydroxyl groups is 1. The Hall–Kier alpha value is -3.10. The van der Waals surface area contributed by atoms with Crippen molar-refractivity contribution in [1.82, 2.24) is 9.88 Å². The van der Waals surface area contributed by atoms with Crippen LogP contribution in [0.3, 0.4) is 0 Å². The molecule has 0 amide bonds. The number of anilines is 1. The van der Waals surface area contributed by atoms with Crippen LogP contribution < -0.4 is 4.90 Å². The van der Waals surface area contributed by atoms with E-state index in [1.807, 2.05) is 24.3 Å². The summed E-state index contributed by atoms with van der Waals surface area (Å²) in [5.41, 5.74) is 1.60. The van der Waals surface area contributed by atoms with Crippen LogP contribution in [0.2, 0.25) is 0 Å². The maximum absolute atomic E-state index is 10.4. The molecule has 2 heterocycles. The fourth-order valence-corrected chi connectivity index (χ4v) is 3.57. The number of aromatic nitrogens is 1. The highest BCUT2D eigenvalue weighted by Crippen LogP contribution is 2.29. The third-order valence-electron chi connectivity index (χ3n) is 4.98. The maximum atomic E-state index is 10.4. The summed E-state index contributed by atoms with van der Waals surface area (Å²) in [5, 5.41) is 21.9. The molecule has 5 heteroatoms. The van der Waals surface area contributed by atoms with Gasteiger partial charge in [0.1, 0.15) is 17.6 Å². The maximum Gasteiger partial charge on any atom is 0.146 e. The standard InChI is InChI=1S/C21H20N4O/c22-14-17-5-3-9-23-21(17)25-12-10-24(11-13-25)15-19-18-6-2-1-4-16(18)7-8-20(19)26/h1-9,26H,10-13,15H2. The van der Waals surface area contributed by atoms with Crippen LogP contribution in [-0.2, 0) is 6.54 Å². The quantitative estimate of drug-likeness (QED) is 0.791. The molecule has 3 aromatic rings. The van der Waals surface area contributed by atoms with Gasteiger partial charge in [-0.2, -0.15) is 5.26 Å². The third kappa shape index (κ3) is 3.07. The van der Waals surface area contributed by atoms with Gasteiger partial charge in [-0.1, -0.05) is 30.3 Å². The van der Waals surface area contributed by atoms with Crippen molar-refractivity contribution < 1.29 is 5.11 Å². The smallest absolute Gasteiger partial charge is 0.146 e. The van der Waals surface area contributed by atoms with Gasteiger partial charge < -0.3 is 10.0 Å². The molecule has 1 fully saturated rings. The number of rotatable bonds is 3. The van der Waals surface area contributed by atoms with Crippen LogP contribution in [0.1, 0.15) is 11.1 Å². The molecule has 5 nitrogen and oxygen atoms in total. The summed E-state index contributed by atoms with van der Waals surface area (Å²) < 4.78 is 0. The Morgan fingerprint density at radius 1 is 1.00 bits per heavy atom.